The van der Waals surface area contributed by atoms with Crippen LogP contribution in [0.2, 0.25) is 0 Å². The number of H-pyrrole nitrogens is 1. The number of nitrogens with two attached hydrogens (primary N) is 1. The molecular weight excluding hydrogens is 323 g/mol. The van der Waals surface area contributed by atoms with E-state index in [0.717, 1.165) is 30.8 Å². The molecule has 1 fully saturated rings. The summed E-state index contributed by atoms with van der Waals surface area (Å²) in [6, 6.07) is 4.04. The van der Waals surface area contributed by atoms with Crippen molar-refractivity contribution in [3.8, 4) is 0 Å². The molecular formula is C15H16F3N5O. The molecule has 0 aromatic carbocycles. The lowest BCUT2D eigenvalue weighted by molar-refractivity contribution is -0.137. The number of amides is 1. The molecule has 1 atom stereocenters. The number of pyridine rings is 1. The van der Waals surface area contributed by atoms with Gasteiger partial charge >= 0.3 is 6.18 Å². The summed E-state index contributed by atoms with van der Waals surface area (Å²) in [6.07, 6.45) is -1.80. The summed E-state index contributed by atoms with van der Waals surface area (Å²) in [6.45, 7) is 1.30. The second kappa shape index (κ2) is 6.14. The van der Waals surface area contributed by atoms with Crippen molar-refractivity contribution in [3.05, 3.63) is 41.3 Å². The van der Waals surface area contributed by atoms with Gasteiger partial charge in [0.25, 0.3) is 5.91 Å². The number of primary amides is 1. The van der Waals surface area contributed by atoms with Crippen molar-refractivity contribution < 1.29 is 18.0 Å². The second-order valence-corrected chi connectivity index (χ2v) is 5.76. The van der Waals surface area contributed by atoms with E-state index < -0.39 is 17.6 Å². The highest BCUT2D eigenvalue weighted by atomic mass is 19.4. The van der Waals surface area contributed by atoms with Crippen molar-refractivity contribution >= 4 is 11.7 Å². The average molecular weight is 339 g/mol. The van der Waals surface area contributed by atoms with Gasteiger partial charge in [-0.3, -0.25) is 9.89 Å². The molecule has 128 valence electrons. The van der Waals surface area contributed by atoms with Gasteiger partial charge in [0.15, 0.2) is 0 Å². The van der Waals surface area contributed by atoms with Crippen LogP contribution >= 0.6 is 0 Å². The van der Waals surface area contributed by atoms with Crippen LogP contribution in [0.4, 0.5) is 19.0 Å². The summed E-state index contributed by atoms with van der Waals surface area (Å²) in [5.41, 5.74) is 5.39. The number of halogens is 3. The Kier molecular flexibility index (Phi) is 4.16. The van der Waals surface area contributed by atoms with E-state index in [1.54, 1.807) is 6.07 Å². The molecule has 1 amide bonds. The molecule has 0 radical (unpaired) electrons. The van der Waals surface area contributed by atoms with Gasteiger partial charge in [-0.25, -0.2) is 4.98 Å². The first kappa shape index (κ1) is 16.3. The molecule has 0 bridgehead atoms. The summed E-state index contributed by atoms with van der Waals surface area (Å²) < 4.78 is 37.8. The average Bonchev–Trinajstić information content (AvgIpc) is 3.05. The Morgan fingerprint density at radius 2 is 2.17 bits per heavy atom. The number of piperidine rings is 1. The number of alkyl halides is 3. The molecule has 9 heteroatoms. The molecule has 3 heterocycles. The SMILES string of the molecule is NC(=O)c1cc(C2CCCN(c3ccc(C(F)(F)F)cn3)C2)[nH]n1. The number of carbonyl (C=O) groups is 1. The third-order valence-electron chi connectivity index (χ3n) is 4.11. The van der Waals surface area contributed by atoms with E-state index in [-0.39, 0.29) is 11.6 Å². The van der Waals surface area contributed by atoms with Crippen LogP contribution in [0.25, 0.3) is 0 Å². The lowest BCUT2D eigenvalue weighted by Gasteiger charge is -2.33. The molecule has 0 aliphatic carbocycles. The second-order valence-electron chi connectivity index (χ2n) is 5.76. The molecule has 24 heavy (non-hydrogen) atoms. The van der Waals surface area contributed by atoms with Crippen LogP contribution in [0, 0.1) is 0 Å². The minimum absolute atomic E-state index is 0.0865. The zero-order chi connectivity index (χ0) is 17.3. The molecule has 3 rings (SSSR count). The molecule has 0 saturated carbocycles. The Hall–Kier alpha value is -2.58. The van der Waals surface area contributed by atoms with Crippen LogP contribution in [-0.2, 0) is 6.18 Å². The number of nitrogens with one attached hydrogen (secondary N) is 1. The van der Waals surface area contributed by atoms with Crippen LogP contribution in [-0.4, -0.2) is 34.2 Å². The fraction of sp³-hybridized carbons (Fsp3) is 0.400. The van der Waals surface area contributed by atoms with Crippen molar-refractivity contribution in [3.63, 3.8) is 0 Å². The number of hydrogen-bond donors (Lipinski definition) is 2. The lowest BCUT2D eigenvalue weighted by atomic mass is 9.94. The van der Waals surface area contributed by atoms with Crippen LogP contribution < -0.4 is 10.6 Å². The fourth-order valence-electron chi connectivity index (χ4n) is 2.85. The van der Waals surface area contributed by atoms with Gasteiger partial charge in [0.05, 0.1) is 5.56 Å². The van der Waals surface area contributed by atoms with Gasteiger partial charge in [-0.05, 0) is 31.0 Å². The van der Waals surface area contributed by atoms with E-state index >= 15 is 0 Å². The molecule has 2 aromatic rings. The maximum Gasteiger partial charge on any atom is 0.417 e. The largest absolute Gasteiger partial charge is 0.417 e. The van der Waals surface area contributed by atoms with Gasteiger partial charge in [-0.1, -0.05) is 0 Å². The highest BCUT2D eigenvalue weighted by molar-refractivity contribution is 5.90. The summed E-state index contributed by atoms with van der Waals surface area (Å²) in [4.78, 5) is 17.0. The molecule has 2 aromatic heterocycles. The number of aromatic amines is 1. The lowest BCUT2D eigenvalue weighted by Crippen LogP contribution is -2.35. The normalized spacial score (nSPS) is 18.6. The number of anilines is 1. The van der Waals surface area contributed by atoms with E-state index in [0.29, 0.717) is 18.9 Å². The van der Waals surface area contributed by atoms with Gasteiger partial charge in [0, 0.05) is 30.9 Å². The van der Waals surface area contributed by atoms with Crippen molar-refractivity contribution in [2.24, 2.45) is 5.73 Å². The van der Waals surface area contributed by atoms with Crippen LogP contribution in [0.1, 0.15) is 40.5 Å². The summed E-state index contributed by atoms with van der Waals surface area (Å²) >= 11 is 0. The first-order chi connectivity index (χ1) is 11.3. The monoisotopic (exact) mass is 339 g/mol. The summed E-state index contributed by atoms with van der Waals surface area (Å²) in [5.74, 6) is -0.0136. The van der Waals surface area contributed by atoms with Crippen molar-refractivity contribution in [1.29, 1.82) is 0 Å². The maximum atomic E-state index is 12.6. The highest BCUT2D eigenvalue weighted by Crippen LogP contribution is 2.31. The standard InChI is InChI=1S/C15H16F3N5O/c16-15(17,18)10-3-4-13(20-7-10)23-5-1-2-9(8-23)11-6-12(14(19)24)22-21-11/h3-4,6-7,9H,1-2,5,8H2,(H2,19,24)(H,21,22). The number of carbonyl (C=O) groups excluding carboxylic acids is 1. The van der Waals surface area contributed by atoms with Gasteiger partial charge in [0.2, 0.25) is 0 Å². The predicted octanol–water partition coefficient (Wildman–Crippen LogP) is 2.31. The van der Waals surface area contributed by atoms with Gasteiger partial charge in [0.1, 0.15) is 11.5 Å². The third kappa shape index (κ3) is 3.34. The Bertz CT molecular complexity index is 725. The van der Waals surface area contributed by atoms with Crippen molar-refractivity contribution in [1.82, 2.24) is 15.2 Å². The minimum Gasteiger partial charge on any atom is -0.364 e. The Morgan fingerprint density at radius 3 is 2.75 bits per heavy atom. The predicted molar refractivity (Wildman–Crippen MR) is 80.5 cm³/mol. The molecule has 1 unspecified atom stereocenters. The summed E-state index contributed by atoms with van der Waals surface area (Å²) in [5, 5.41) is 6.68. The summed E-state index contributed by atoms with van der Waals surface area (Å²) in [7, 11) is 0. The molecule has 1 saturated heterocycles. The van der Waals surface area contributed by atoms with Gasteiger partial charge in [-0.15, -0.1) is 0 Å². The molecule has 1 aliphatic rings. The van der Waals surface area contributed by atoms with Crippen LogP contribution in [0.15, 0.2) is 24.4 Å². The van der Waals surface area contributed by atoms with Gasteiger partial charge in [-0.2, -0.15) is 18.3 Å². The number of hydrogen-bond acceptors (Lipinski definition) is 4. The molecule has 3 N–H and O–H groups in total. The van der Waals surface area contributed by atoms with E-state index in [1.165, 1.54) is 6.07 Å². The topological polar surface area (TPSA) is 87.9 Å². The molecule has 1 aliphatic heterocycles. The van der Waals surface area contributed by atoms with E-state index in [4.69, 9.17) is 5.73 Å². The zero-order valence-electron chi connectivity index (χ0n) is 12.7. The first-order valence-corrected chi connectivity index (χ1v) is 7.48. The maximum absolute atomic E-state index is 12.6. The highest BCUT2D eigenvalue weighted by Gasteiger charge is 2.31. The molecule has 0 spiro atoms. The quantitative estimate of drug-likeness (QED) is 0.898. The Morgan fingerprint density at radius 1 is 1.38 bits per heavy atom. The Balaban J connectivity index is 1.74. The number of nitrogens with zero attached hydrogens (tertiary/aromatic N) is 3. The molecule has 6 nitrogen and oxygen atoms in total. The van der Waals surface area contributed by atoms with Crippen LogP contribution in [0.5, 0.6) is 0 Å². The number of rotatable bonds is 3. The van der Waals surface area contributed by atoms with Crippen LogP contribution in [0.3, 0.4) is 0 Å². The Labute approximate surface area is 135 Å². The smallest absolute Gasteiger partial charge is 0.364 e. The zero-order valence-corrected chi connectivity index (χ0v) is 12.7. The number of aromatic nitrogens is 3. The van der Waals surface area contributed by atoms with Crippen molar-refractivity contribution in [2.45, 2.75) is 24.9 Å². The third-order valence-corrected chi connectivity index (χ3v) is 4.11. The van der Waals surface area contributed by atoms with E-state index in [2.05, 4.69) is 15.2 Å². The minimum atomic E-state index is -4.39. The fourth-order valence-corrected chi connectivity index (χ4v) is 2.85. The van der Waals surface area contributed by atoms with E-state index in [1.807, 2.05) is 4.90 Å². The first-order valence-electron chi connectivity index (χ1n) is 7.48. The van der Waals surface area contributed by atoms with Gasteiger partial charge < -0.3 is 10.6 Å². The van der Waals surface area contributed by atoms with Crippen molar-refractivity contribution in [2.75, 3.05) is 18.0 Å². The van der Waals surface area contributed by atoms with E-state index in [9.17, 15) is 18.0 Å².